The molecule has 0 heterocycles. The van der Waals surface area contributed by atoms with Crippen molar-refractivity contribution >= 4 is 27.5 Å². The van der Waals surface area contributed by atoms with Crippen molar-refractivity contribution in [1.29, 1.82) is 0 Å². The molecule has 4 rings (SSSR count). The maximum absolute atomic E-state index is 14.5. The zero-order valence-corrected chi connectivity index (χ0v) is 27.7. The second-order valence-corrected chi connectivity index (χ2v) is 13.5. The Labute approximate surface area is 273 Å². The first kappa shape index (κ1) is 34.2. The first-order valence-electron chi connectivity index (χ1n) is 15.6. The van der Waals surface area contributed by atoms with Crippen LogP contribution in [0.5, 0.6) is 5.75 Å². The highest BCUT2D eigenvalue weighted by atomic mass is 32.2. The Kier molecular flexibility index (Phi) is 12.0. The van der Waals surface area contributed by atoms with Gasteiger partial charge in [0, 0.05) is 19.5 Å². The molecular weight excluding hydrogens is 598 g/mol. The van der Waals surface area contributed by atoms with Crippen molar-refractivity contribution in [1.82, 2.24) is 10.2 Å². The van der Waals surface area contributed by atoms with Crippen molar-refractivity contribution in [2.75, 3.05) is 24.0 Å². The average molecular weight is 642 g/mol. The van der Waals surface area contributed by atoms with Crippen LogP contribution in [0.25, 0.3) is 0 Å². The second kappa shape index (κ2) is 16.1. The first-order valence-corrected chi connectivity index (χ1v) is 17.0. The van der Waals surface area contributed by atoms with Gasteiger partial charge in [-0.2, -0.15) is 0 Å². The Morgan fingerprint density at radius 3 is 2.00 bits per heavy atom. The van der Waals surface area contributed by atoms with E-state index in [2.05, 4.69) is 5.32 Å². The Hall–Kier alpha value is -4.63. The van der Waals surface area contributed by atoms with Crippen LogP contribution in [-0.4, -0.2) is 50.9 Å². The highest BCUT2D eigenvalue weighted by molar-refractivity contribution is 7.92. The van der Waals surface area contributed by atoms with Crippen molar-refractivity contribution in [3.8, 4) is 5.75 Å². The van der Waals surface area contributed by atoms with Gasteiger partial charge in [-0.3, -0.25) is 13.9 Å². The van der Waals surface area contributed by atoms with Crippen LogP contribution >= 0.6 is 0 Å². The Morgan fingerprint density at radius 2 is 1.41 bits per heavy atom. The van der Waals surface area contributed by atoms with Crippen LogP contribution in [0.4, 0.5) is 5.69 Å². The largest absolute Gasteiger partial charge is 0.494 e. The lowest BCUT2D eigenvalue weighted by molar-refractivity contribution is -0.140. The zero-order valence-electron chi connectivity index (χ0n) is 26.9. The van der Waals surface area contributed by atoms with Gasteiger partial charge in [0.2, 0.25) is 11.8 Å². The number of para-hydroxylation sites is 1. The topological polar surface area (TPSA) is 96.0 Å². The van der Waals surface area contributed by atoms with Gasteiger partial charge in [-0.15, -0.1) is 0 Å². The number of benzene rings is 4. The van der Waals surface area contributed by atoms with Crippen LogP contribution in [0.2, 0.25) is 0 Å². The summed E-state index contributed by atoms with van der Waals surface area (Å²) in [6.07, 6.45) is 0.263. The van der Waals surface area contributed by atoms with Gasteiger partial charge in [0.05, 0.1) is 17.2 Å². The van der Waals surface area contributed by atoms with Crippen molar-refractivity contribution in [3.63, 3.8) is 0 Å². The standard InChI is InChI=1S/C37H43N3O5S/c1-5-45-33-20-22-34(23-21-33)46(43,44)40(32-14-10-7-11-15-32)27-36(41)39(26-31-18-16-29(4)17-19-31)35(37(42)38-25-28(2)3)24-30-12-8-6-9-13-30/h6-23,28,35H,5,24-27H2,1-4H3,(H,38,42)/t35-/m1/s1. The lowest BCUT2D eigenvalue weighted by Gasteiger charge is -2.34. The second-order valence-electron chi connectivity index (χ2n) is 11.6. The van der Waals surface area contributed by atoms with Gasteiger partial charge in [0.25, 0.3) is 10.0 Å². The summed E-state index contributed by atoms with van der Waals surface area (Å²) in [5, 5.41) is 3.01. The number of aryl methyl sites for hydroxylation is 1. The fourth-order valence-corrected chi connectivity index (χ4v) is 6.41. The zero-order chi connectivity index (χ0) is 33.1. The number of hydrogen-bond donors (Lipinski definition) is 1. The maximum Gasteiger partial charge on any atom is 0.264 e. The summed E-state index contributed by atoms with van der Waals surface area (Å²) >= 11 is 0. The molecule has 0 aromatic heterocycles. The third kappa shape index (κ3) is 9.20. The van der Waals surface area contributed by atoms with E-state index in [4.69, 9.17) is 4.74 Å². The van der Waals surface area contributed by atoms with Crippen molar-refractivity contribution in [2.24, 2.45) is 5.92 Å². The molecule has 0 unspecified atom stereocenters. The SMILES string of the molecule is CCOc1ccc(S(=O)(=O)N(CC(=O)N(Cc2ccc(C)cc2)[C@H](Cc2ccccc2)C(=O)NCC(C)C)c2ccccc2)cc1. The molecule has 0 bridgehead atoms. The molecule has 0 saturated heterocycles. The molecule has 9 heteroatoms. The normalized spacial score (nSPS) is 11.9. The molecule has 1 atom stereocenters. The van der Waals surface area contributed by atoms with Crippen LogP contribution in [-0.2, 0) is 32.6 Å². The first-order chi connectivity index (χ1) is 22.1. The minimum absolute atomic E-state index is 0.0215. The number of hydrogen-bond acceptors (Lipinski definition) is 5. The summed E-state index contributed by atoms with van der Waals surface area (Å²) in [5.74, 6) is -0.0437. The number of carbonyl (C=O) groups excluding carboxylic acids is 2. The molecule has 0 fully saturated rings. The quantitative estimate of drug-likeness (QED) is 0.172. The Morgan fingerprint density at radius 1 is 0.804 bits per heavy atom. The van der Waals surface area contributed by atoms with Crippen molar-refractivity contribution in [3.05, 3.63) is 126 Å². The molecule has 0 aliphatic heterocycles. The maximum atomic E-state index is 14.5. The highest BCUT2D eigenvalue weighted by Gasteiger charge is 2.34. The molecular formula is C37H43N3O5S. The number of ether oxygens (including phenoxy) is 1. The van der Waals surface area contributed by atoms with E-state index in [9.17, 15) is 18.0 Å². The minimum atomic E-state index is -4.19. The predicted molar refractivity (Wildman–Crippen MR) is 182 cm³/mol. The van der Waals surface area contributed by atoms with Crippen LogP contribution < -0.4 is 14.4 Å². The van der Waals surface area contributed by atoms with E-state index in [1.54, 1.807) is 42.5 Å². The molecule has 0 radical (unpaired) electrons. The number of carbonyl (C=O) groups is 2. The third-order valence-electron chi connectivity index (χ3n) is 7.47. The molecule has 4 aromatic rings. The molecule has 0 spiro atoms. The molecule has 242 valence electrons. The van der Waals surface area contributed by atoms with E-state index in [-0.39, 0.29) is 29.7 Å². The van der Waals surface area contributed by atoms with Gasteiger partial charge in [-0.05, 0) is 67.3 Å². The van der Waals surface area contributed by atoms with Crippen molar-refractivity contribution < 1.29 is 22.7 Å². The van der Waals surface area contributed by atoms with Crippen molar-refractivity contribution in [2.45, 2.75) is 51.6 Å². The smallest absolute Gasteiger partial charge is 0.264 e. The summed E-state index contributed by atoms with van der Waals surface area (Å²) in [7, 11) is -4.19. The predicted octanol–water partition coefficient (Wildman–Crippen LogP) is 6.00. The fraction of sp³-hybridized carbons (Fsp3) is 0.297. The van der Waals surface area contributed by atoms with Gasteiger partial charge >= 0.3 is 0 Å². The number of anilines is 1. The van der Waals surface area contributed by atoms with Crippen LogP contribution in [0.3, 0.4) is 0 Å². The average Bonchev–Trinajstić information content (AvgIpc) is 3.06. The third-order valence-corrected chi connectivity index (χ3v) is 9.26. The number of sulfonamides is 1. The van der Waals surface area contributed by atoms with Gasteiger partial charge in [-0.1, -0.05) is 92.2 Å². The summed E-state index contributed by atoms with van der Waals surface area (Å²) in [5.41, 5.74) is 3.11. The number of amides is 2. The fourth-order valence-electron chi connectivity index (χ4n) is 4.99. The van der Waals surface area contributed by atoms with Crippen LogP contribution in [0.15, 0.2) is 114 Å². The molecule has 46 heavy (non-hydrogen) atoms. The molecule has 4 aromatic carbocycles. The lowest BCUT2D eigenvalue weighted by atomic mass is 10.0. The number of nitrogens with one attached hydrogen (secondary N) is 1. The van der Waals surface area contributed by atoms with Crippen LogP contribution in [0.1, 0.15) is 37.5 Å². The summed E-state index contributed by atoms with van der Waals surface area (Å²) in [4.78, 5) is 29.9. The molecule has 0 saturated carbocycles. The molecule has 0 aliphatic carbocycles. The van der Waals surface area contributed by atoms with Gasteiger partial charge < -0.3 is 15.0 Å². The monoisotopic (exact) mass is 641 g/mol. The number of nitrogens with zero attached hydrogens (tertiary/aromatic N) is 2. The van der Waals surface area contributed by atoms with Crippen LogP contribution in [0, 0.1) is 12.8 Å². The van der Waals surface area contributed by atoms with E-state index in [0.717, 1.165) is 21.0 Å². The Balaban J connectivity index is 1.76. The minimum Gasteiger partial charge on any atom is -0.494 e. The molecule has 8 nitrogen and oxygen atoms in total. The number of rotatable bonds is 15. The summed E-state index contributed by atoms with van der Waals surface area (Å²) in [6.45, 7) is 8.35. The molecule has 1 N–H and O–H groups in total. The van der Waals surface area contributed by atoms with E-state index in [1.807, 2.05) is 82.3 Å². The van der Waals surface area contributed by atoms with E-state index in [1.165, 1.54) is 17.0 Å². The molecule has 0 aliphatic rings. The lowest BCUT2D eigenvalue weighted by Crippen LogP contribution is -2.53. The summed E-state index contributed by atoms with van der Waals surface area (Å²) in [6, 6.07) is 31.1. The van der Waals surface area contributed by atoms with Gasteiger partial charge in [0.1, 0.15) is 18.3 Å². The van der Waals surface area contributed by atoms with E-state index >= 15 is 0 Å². The van der Waals surface area contributed by atoms with E-state index < -0.39 is 28.5 Å². The Bertz CT molecular complexity index is 1660. The molecule has 2 amide bonds. The van der Waals surface area contributed by atoms with Gasteiger partial charge in [-0.25, -0.2) is 8.42 Å². The van der Waals surface area contributed by atoms with E-state index in [0.29, 0.717) is 24.6 Å². The summed E-state index contributed by atoms with van der Waals surface area (Å²) < 4.78 is 34.9. The van der Waals surface area contributed by atoms with Gasteiger partial charge in [0.15, 0.2) is 0 Å². The highest BCUT2D eigenvalue weighted by Crippen LogP contribution is 2.26.